The summed E-state index contributed by atoms with van der Waals surface area (Å²) >= 11 is 0. The van der Waals surface area contributed by atoms with Crippen LogP contribution >= 0.6 is 0 Å². The normalized spacial score (nSPS) is 18.1. The SMILES string of the molecule is C=CC1OC(NC)=C(c2cc(CC)cc(CC)c2)C1=O. The zero-order chi connectivity index (χ0) is 14.7. The molecule has 1 atom stereocenters. The van der Waals surface area contributed by atoms with Crippen molar-refractivity contribution >= 4 is 11.4 Å². The molecule has 0 amide bonds. The van der Waals surface area contributed by atoms with Crippen LogP contribution in [0.4, 0.5) is 0 Å². The van der Waals surface area contributed by atoms with E-state index in [1.807, 2.05) is 0 Å². The van der Waals surface area contributed by atoms with Gasteiger partial charge in [0.25, 0.3) is 0 Å². The van der Waals surface area contributed by atoms with Crippen molar-refractivity contribution in [3.8, 4) is 0 Å². The summed E-state index contributed by atoms with van der Waals surface area (Å²) in [7, 11) is 1.76. The largest absolute Gasteiger partial charge is 0.463 e. The van der Waals surface area contributed by atoms with Gasteiger partial charge in [-0.3, -0.25) is 4.79 Å². The van der Waals surface area contributed by atoms with Crippen molar-refractivity contribution in [2.45, 2.75) is 32.8 Å². The number of hydrogen-bond donors (Lipinski definition) is 1. The maximum atomic E-state index is 12.4. The van der Waals surface area contributed by atoms with Gasteiger partial charge in [-0.1, -0.05) is 38.6 Å². The molecule has 1 aliphatic rings. The molecule has 1 N–H and O–H groups in total. The molecule has 0 bridgehead atoms. The van der Waals surface area contributed by atoms with Crippen LogP contribution in [-0.4, -0.2) is 18.9 Å². The Morgan fingerprint density at radius 2 is 1.85 bits per heavy atom. The summed E-state index contributed by atoms with van der Waals surface area (Å²) in [5.74, 6) is 0.509. The van der Waals surface area contributed by atoms with Gasteiger partial charge in [0.2, 0.25) is 5.78 Å². The highest BCUT2D eigenvalue weighted by molar-refractivity contribution is 6.25. The summed E-state index contributed by atoms with van der Waals surface area (Å²) in [6.45, 7) is 7.89. The van der Waals surface area contributed by atoms with E-state index < -0.39 is 6.10 Å². The summed E-state index contributed by atoms with van der Waals surface area (Å²) in [4.78, 5) is 12.4. The van der Waals surface area contributed by atoms with E-state index in [2.05, 4.69) is 43.9 Å². The standard InChI is InChI=1S/C17H21NO2/c1-5-11-8-12(6-2)10-13(9-11)15-16(19)14(7-3)20-17(15)18-4/h7-10,14,18H,3,5-6H2,1-2,4H3. The van der Waals surface area contributed by atoms with Crippen LogP contribution in [0, 0.1) is 0 Å². The van der Waals surface area contributed by atoms with Gasteiger partial charge in [-0.05, 0) is 35.6 Å². The highest BCUT2D eigenvalue weighted by atomic mass is 16.5. The zero-order valence-electron chi connectivity index (χ0n) is 12.3. The van der Waals surface area contributed by atoms with Gasteiger partial charge in [0.05, 0.1) is 5.57 Å². The fourth-order valence-electron chi connectivity index (χ4n) is 2.42. The van der Waals surface area contributed by atoms with Crippen molar-refractivity contribution in [1.29, 1.82) is 0 Å². The second-order valence-electron chi connectivity index (χ2n) is 4.84. The van der Waals surface area contributed by atoms with Crippen LogP contribution < -0.4 is 5.32 Å². The Balaban J connectivity index is 2.53. The Bertz CT molecular complexity index is 550. The monoisotopic (exact) mass is 271 g/mol. The van der Waals surface area contributed by atoms with Crippen LogP contribution in [0.3, 0.4) is 0 Å². The van der Waals surface area contributed by atoms with Gasteiger partial charge in [0.1, 0.15) is 0 Å². The van der Waals surface area contributed by atoms with Gasteiger partial charge in [0, 0.05) is 7.05 Å². The fourth-order valence-corrected chi connectivity index (χ4v) is 2.42. The molecule has 0 radical (unpaired) electrons. The first-order chi connectivity index (χ1) is 9.64. The van der Waals surface area contributed by atoms with E-state index in [1.165, 1.54) is 17.2 Å². The third-order valence-electron chi connectivity index (χ3n) is 3.58. The van der Waals surface area contributed by atoms with Crippen LogP contribution in [0.15, 0.2) is 36.7 Å². The molecular formula is C17H21NO2. The first kappa shape index (κ1) is 14.4. The maximum Gasteiger partial charge on any atom is 0.213 e. The minimum Gasteiger partial charge on any atom is -0.463 e. The Morgan fingerprint density at radius 1 is 1.25 bits per heavy atom. The number of nitrogens with one attached hydrogen (secondary N) is 1. The quantitative estimate of drug-likeness (QED) is 0.837. The zero-order valence-corrected chi connectivity index (χ0v) is 12.3. The van der Waals surface area contributed by atoms with Crippen molar-refractivity contribution in [1.82, 2.24) is 5.32 Å². The van der Waals surface area contributed by atoms with Gasteiger partial charge < -0.3 is 10.1 Å². The molecule has 0 aromatic heterocycles. The molecule has 1 heterocycles. The Labute approximate surface area is 120 Å². The highest BCUT2D eigenvalue weighted by Crippen LogP contribution is 2.30. The van der Waals surface area contributed by atoms with E-state index in [0.29, 0.717) is 11.5 Å². The van der Waals surface area contributed by atoms with Crippen molar-refractivity contribution < 1.29 is 9.53 Å². The summed E-state index contributed by atoms with van der Waals surface area (Å²) in [5.41, 5.74) is 4.02. The fraction of sp³-hybridized carbons (Fsp3) is 0.353. The number of carbonyl (C=O) groups is 1. The molecule has 0 saturated heterocycles. The van der Waals surface area contributed by atoms with Gasteiger partial charge >= 0.3 is 0 Å². The molecule has 1 unspecified atom stereocenters. The molecule has 2 rings (SSSR count). The lowest BCUT2D eigenvalue weighted by Gasteiger charge is -2.08. The summed E-state index contributed by atoms with van der Waals surface area (Å²) in [6, 6.07) is 6.32. The Hall–Kier alpha value is -2.03. The predicted octanol–water partition coefficient (Wildman–Crippen LogP) is 2.85. The number of ether oxygens (including phenoxy) is 1. The van der Waals surface area contributed by atoms with Gasteiger partial charge in [-0.2, -0.15) is 0 Å². The second kappa shape index (κ2) is 5.95. The Morgan fingerprint density at radius 3 is 2.30 bits per heavy atom. The average molecular weight is 271 g/mol. The van der Waals surface area contributed by atoms with Crippen LogP contribution in [0.2, 0.25) is 0 Å². The molecule has 0 saturated carbocycles. The lowest BCUT2D eigenvalue weighted by atomic mass is 9.95. The third-order valence-corrected chi connectivity index (χ3v) is 3.58. The van der Waals surface area contributed by atoms with Crippen molar-refractivity contribution in [2.24, 2.45) is 0 Å². The van der Waals surface area contributed by atoms with E-state index in [9.17, 15) is 4.79 Å². The molecule has 1 aliphatic heterocycles. The van der Waals surface area contributed by atoms with Crippen LogP contribution in [0.25, 0.3) is 5.57 Å². The molecule has 1 aromatic carbocycles. The minimum absolute atomic E-state index is 0.0281. The predicted molar refractivity (Wildman–Crippen MR) is 81.3 cm³/mol. The van der Waals surface area contributed by atoms with Gasteiger partial charge in [-0.15, -0.1) is 0 Å². The summed E-state index contributed by atoms with van der Waals surface area (Å²) in [6.07, 6.45) is 2.85. The molecule has 3 nitrogen and oxygen atoms in total. The molecule has 0 spiro atoms. The van der Waals surface area contributed by atoms with Crippen molar-refractivity contribution in [2.75, 3.05) is 7.05 Å². The molecular weight excluding hydrogens is 250 g/mol. The van der Waals surface area contributed by atoms with Crippen LogP contribution in [0.1, 0.15) is 30.5 Å². The van der Waals surface area contributed by atoms with Gasteiger partial charge in [-0.25, -0.2) is 0 Å². The number of rotatable bonds is 5. The summed E-state index contributed by atoms with van der Waals surface area (Å²) < 4.78 is 5.59. The number of benzene rings is 1. The topological polar surface area (TPSA) is 38.3 Å². The van der Waals surface area contributed by atoms with E-state index in [1.54, 1.807) is 7.05 Å². The molecule has 1 aromatic rings. The molecule has 3 heteroatoms. The van der Waals surface area contributed by atoms with Crippen molar-refractivity contribution in [3.63, 3.8) is 0 Å². The lowest BCUT2D eigenvalue weighted by molar-refractivity contribution is -0.118. The second-order valence-corrected chi connectivity index (χ2v) is 4.84. The molecule has 0 fully saturated rings. The highest BCUT2D eigenvalue weighted by Gasteiger charge is 2.33. The van der Waals surface area contributed by atoms with Gasteiger partial charge in [0.15, 0.2) is 12.0 Å². The van der Waals surface area contributed by atoms with Crippen molar-refractivity contribution in [3.05, 3.63) is 53.4 Å². The number of ketones is 1. The number of aryl methyl sites for hydroxylation is 2. The lowest BCUT2D eigenvalue weighted by Crippen LogP contribution is -2.15. The molecule has 106 valence electrons. The minimum atomic E-state index is -0.581. The first-order valence-electron chi connectivity index (χ1n) is 7.03. The molecule has 0 aliphatic carbocycles. The van der Waals surface area contributed by atoms with E-state index in [-0.39, 0.29) is 5.78 Å². The smallest absolute Gasteiger partial charge is 0.213 e. The van der Waals surface area contributed by atoms with E-state index in [4.69, 9.17) is 4.74 Å². The van der Waals surface area contributed by atoms with E-state index in [0.717, 1.165) is 18.4 Å². The number of Topliss-reactive ketones (excluding diaryl/α,β-unsaturated/α-hetero) is 1. The molecule has 20 heavy (non-hydrogen) atoms. The van der Waals surface area contributed by atoms with E-state index >= 15 is 0 Å². The Kier molecular flexibility index (Phi) is 4.28. The number of carbonyl (C=O) groups excluding carboxylic acids is 1. The summed E-state index contributed by atoms with van der Waals surface area (Å²) in [5, 5.41) is 2.97. The first-order valence-corrected chi connectivity index (χ1v) is 7.03. The third kappa shape index (κ3) is 2.48. The van der Waals surface area contributed by atoms with Crippen LogP contribution in [-0.2, 0) is 22.4 Å². The average Bonchev–Trinajstić information content (AvgIpc) is 2.82. The van der Waals surface area contributed by atoms with Crippen LogP contribution in [0.5, 0.6) is 0 Å². The number of hydrogen-bond acceptors (Lipinski definition) is 3. The maximum absolute atomic E-state index is 12.4.